The second kappa shape index (κ2) is 8.20. The van der Waals surface area contributed by atoms with Crippen molar-refractivity contribution in [1.82, 2.24) is 9.97 Å². The van der Waals surface area contributed by atoms with Gasteiger partial charge in [-0.1, -0.05) is 18.2 Å². The summed E-state index contributed by atoms with van der Waals surface area (Å²) in [7, 11) is 0. The third-order valence-corrected chi connectivity index (χ3v) is 3.07. The van der Waals surface area contributed by atoms with E-state index in [0.29, 0.717) is 37.5 Å². The molecule has 1 heterocycles. The number of para-hydroxylation sites is 1. The zero-order chi connectivity index (χ0) is 16.5. The molecule has 0 fully saturated rings. The zero-order valence-corrected chi connectivity index (χ0v) is 12.5. The van der Waals surface area contributed by atoms with Crippen molar-refractivity contribution >= 4 is 11.5 Å². The number of benzene rings is 1. The molecule has 1 aromatic carbocycles. The van der Waals surface area contributed by atoms with E-state index in [2.05, 4.69) is 22.1 Å². The first-order valence-electron chi connectivity index (χ1n) is 7.08. The molecule has 0 saturated carbocycles. The van der Waals surface area contributed by atoms with E-state index < -0.39 is 0 Å². The predicted octanol–water partition coefficient (Wildman–Crippen LogP) is 2.48. The molecule has 2 aromatic rings. The molecule has 7 nitrogen and oxygen atoms in total. The number of nitrogens with zero attached hydrogens (tertiary/aromatic N) is 5. The zero-order valence-electron chi connectivity index (χ0n) is 12.5. The molecule has 0 aliphatic carbocycles. The third kappa shape index (κ3) is 4.32. The quantitative estimate of drug-likeness (QED) is 0.836. The summed E-state index contributed by atoms with van der Waals surface area (Å²) in [5.41, 5.74) is 6.40. The number of ether oxygens (including phenoxy) is 1. The van der Waals surface area contributed by atoms with E-state index in [1.807, 2.05) is 18.2 Å². The van der Waals surface area contributed by atoms with Crippen molar-refractivity contribution in [1.29, 1.82) is 10.5 Å². The van der Waals surface area contributed by atoms with E-state index in [4.69, 9.17) is 21.0 Å². The minimum absolute atomic E-state index is 0.250. The monoisotopic (exact) mass is 308 g/mol. The van der Waals surface area contributed by atoms with Gasteiger partial charge in [-0.05, 0) is 12.1 Å². The summed E-state index contributed by atoms with van der Waals surface area (Å²) in [5.74, 6) is 1.33. The molecule has 0 aliphatic heterocycles. The maximum Gasteiger partial charge on any atom is 0.248 e. The van der Waals surface area contributed by atoms with Gasteiger partial charge in [0.15, 0.2) is 5.82 Å². The molecule has 0 aliphatic rings. The standard InChI is InChI=1S/C16H16N6O/c17-8-4-10-22(11-5-9-18)15-14(19)16(21-12-20-15)23-13-6-2-1-3-7-13/h1-3,6-7,12H,4-5,10-11,19H2. The third-order valence-electron chi connectivity index (χ3n) is 3.07. The van der Waals surface area contributed by atoms with Crippen LogP contribution in [0, 0.1) is 22.7 Å². The lowest BCUT2D eigenvalue weighted by atomic mass is 10.3. The first kappa shape index (κ1) is 16.1. The molecule has 0 radical (unpaired) electrons. The molecule has 2 rings (SSSR count). The Morgan fingerprint density at radius 2 is 1.70 bits per heavy atom. The maximum atomic E-state index is 8.78. The van der Waals surface area contributed by atoms with Gasteiger partial charge in [-0.15, -0.1) is 0 Å². The molecule has 0 amide bonds. The van der Waals surface area contributed by atoms with Crippen molar-refractivity contribution in [2.24, 2.45) is 0 Å². The van der Waals surface area contributed by atoms with Crippen molar-refractivity contribution in [2.45, 2.75) is 12.8 Å². The SMILES string of the molecule is N#CCCN(CCC#N)c1ncnc(Oc2ccccc2)c1N. The predicted molar refractivity (Wildman–Crippen MR) is 85.6 cm³/mol. The van der Waals surface area contributed by atoms with Gasteiger partial charge in [-0.2, -0.15) is 15.5 Å². The van der Waals surface area contributed by atoms with Gasteiger partial charge < -0.3 is 15.4 Å². The molecule has 2 N–H and O–H groups in total. The number of hydrogen-bond acceptors (Lipinski definition) is 7. The van der Waals surface area contributed by atoms with Crippen LogP contribution < -0.4 is 15.4 Å². The van der Waals surface area contributed by atoms with Crippen LogP contribution in [0.15, 0.2) is 36.7 Å². The second-order valence-electron chi connectivity index (χ2n) is 4.63. The fourth-order valence-electron chi connectivity index (χ4n) is 2.00. The first-order chi connectivity index (χ1) is 11.3. The molecule has 0 bridgehead atoms. The summed E-state index contributed by atoms with van der Waals surface area (Å²) in [6.07, 6.45) is 1.98. The average molecular weight is 308 g/mol. The minimum atomic E-state index is 0.250. The summed E-state index contributed by atoms with van der Waals surface area (Å²) in [4.78, 5) is 10.0. The Morgan fingerprint density at radius 3 is 2.30 bits per heavy atom. The highest BCUT2D eigenvalue weighted by molar-refractivity contribution is 5.68. The first-order valence-corrected chi connectivity index (χ1v) is 7.08. The molecule has 7 heteroatoms. The van der Waals surface area contributed by atoms with Crippen LogP contribution in [-0.4, -0.2) is 23.1 Å². The van der Waals surface area contributed by atoms with Crippen molar-refractivity contribution in [3.8, 4) is 23.8 Å². The largest absolute Gasteiger partial charge is 0.437 e. The highest BCUT2D eigenvalue weighted by Crippen LogP contribution is 2.31. The number of nitrogens with two attached hydrogens (primary N) is 1. The number of aromatic nitrogens is 2. The minimum Gasteiger partial charge on any atom is -0.437 e. The molecule has 1 aromatic heterocycles. The molecular weight excluding hydrogens is 292 g/mol. The average Bonchev–Trinajstić information content (AvgIpc) is 2.58. The topological polar surface area (TPSA) is 112 Å². The number of anilines is 2. The molecular formula is C16H16N6O. The van der Waals surface area contributed by atoms with Crippen molar-refractivity contribution in [2.75, 3.05) is 23.7 Å². The summed E-state index contributed by atoms with van der Waals surface area (Å²) in [5, 5.41) is 17.6. The number of nitrogen functional groups attached to an aromatic ring is 1. The van der Waals surface area contributed by atoms with Gasteiger partial charge in [0.1, 0.15) is 17.8 Å². The van der Waals surface area contributed by atoms with Gasteiger partial charge in [0, 0.05) is 13.1 Å². The number of hydrogen-bond donors (Lipinski definition) is 1. The van der Waals surface area contributed by atoms with Crippen LogP contribution in [0.4, 0.5) is 11.5 Å². The number of rotatable bonds is 7. The van der Waals surface area contributed by atoms with E-state index >= 15 is 0 Å². The molecule has 0 saturated heterocycles. The van der Waals surface area contributed by atoms with E-state index in [1.54, 1.807) is 17.0 Å². The highest BCUT2D eigenvalue weighted by atomic mass is 16.5. The maximum absolute atomic E-state index is 8.78. The summed E-state index contributed by atoms with van der Waals surface area (Å²) < 4.78 is 5.68. The Hall–Kier alpha value is -3.32. The van der Waals surface area contributed by atoms with Gasteiger partial charge in [0.25, 0.3) is 0 Å². The fourth-order valence-corrected chi connectivity index (χ4v) is 2.00. The van der Waals surface area contributed by atoms with Gasteiger partial charge in [-0.25, -0.2) is 4.98 Å². The van der Waals surface area contributed by atoms with Crippen LogP contribution in [0.2, 0.25) is 0 Å². The summed E-state index contributed by atoms with van der Waals surface area (Å²) in [6.45, 7) is 0.869. The lowest BCUT2D eigenvalue weighted by Gasteiger charge is -2.23. The van der Waals surface area contributed by atoms with Crippen LogP contribution in [-0.2, 0) is 0 Å². The lowest BCUT2D eigenvalue weighted by molar-refractivity contribution is 0.464. The van der Waals surface area contributed by atoms with Crippen molar-refractivity contribution < 1.29 is 4.74 Å². The van der Waals surface area contributed by atoms with Gasteiger partial charge >= 0.3 is 0 Å². The van der Waals surface area contributed by atoms with Crippen LogP contribution in [0.5, 0.6) is 11.6 Å². The Labute approximate surface area is 134 Å². The van der Waals surface area contributed by atoms with Crippen molar-refractivity contribution in [3.05, 3.63) is 36.7 Å². The summed E-state index contributed by atoms with van der Waals surface area (Å²) in [6, 6.07) is 13.3. The van der Waals surface area contributed by atoms with Gasteiger partial charge in [0.05, 0.1) is 25.0 Å². The van der Waals surface area contributed by atoms with E-state index in [0.717, 1.165) is 0 Å². The lowest BCUT2D eigenvalue weighted by Crippen LogP contribution is -2.27. The Kier molecular flexibility index (Phi) is 5.73. The Morgan fingerprint density at radius 1 is 1.04 bits per heavy atom. The Balaban J connectivity index is 2.25. The highest BCUT2D eigenvalue weighted by Gasteiger charge is 2.16. The van der Waals surface area contributed by atoms with E-state index in [-0.39, 0.29) is 11.6 Å². The Bertz CT molecular complexity index is 702. The smallest absolute Gasteiger partial charge is 0.248 e. The van der Waals surface area contributed by atoms with Crippen LogP contribution in [0.25, 0.3) is 0 Å². The molecule has 23 heavy (non-hydrogen) atoms. The molecule has 0 unspecified atom stereocenters. The van der Waals surface area contributed by atoms with Crippen LogP contribution >= 0.6 is 0 Å². The van der Waals surface area contributed by atoms with E-state index in [1.165, 1.54) is 6.33 Å². The van der Waals surface area contributed by atoms with Gasteiger partial charge in [-0.3, -0.25) is 0 Å². The molecule has 0 atom stereocenters. The van der Waals surface area contributed by atoms with Crippen molar-refractivity contribution in [3.63, 3.8) is 0 Å². The summed E-state index contributed by atoms with van der Waals surface area (Å²) >= 11 is 0. The van der Waals surface area contributed by atoms with E-state index in [9.17, 15) is 0 Å². The second-order valence-corrected chi connectivity index (χ2v) is 4.63. The molecule has 0 spiro atoms. The number of nitriles is 2. The van der Waals surface area contributed by atoms with Gasteiger partial charge in [0.2, 0.25) is 5.88 Å². The molecule has 116 valence electrons. The van der Waals surface area contributed by atoms with Crippen LogP contribution in [0.1, 0.15) is 12.8 Å². The normalized spacial score (nSPS) is 9.65. The van der Waals surface area contributed by atoms with Crippen LogP contribution in [0.3, 0.4) is 0 Å². The fraction of sp³-hybridized carbons (Fsp3) is 0.250.